The average Bonchev–Trinajstić information content (AvgIpc) is 3.19. The molecule has 0 N–H and O–H groups in total. The monoisotopic (exact) mass is 360 g/mol. The van der Waals surface area contributed by atoms with Gasteiger partial charge in [-0.15, -0.1) is 0 Å². The second kappa shape index (κ2) is 6.99. The Morgan fingerprint density at radius 1 is 1.12 bits per heavy atom. The van der Waals surface area contributed by atoms with E-state index >= 15 is 0 Å². The topological polar surface area (TPSA) is 49.9 Å². The largest absolute Gasteiger partial charge is 0.361 e. The summed E-state index contributed by atoms with van der Waals surface area (Å²) in [5.74, 6) is -0.0457. The molecule has 0 aromatic heterocycles. The van der Waals surface area contributed by atoms with Crippen LogP contribution >= 0.6 is 0 Å². The summed E-state index contributed by atoms with van der Waals surface area (Å²) in [4.78, 5) is 28.8. The molecule has 2 heterocycles. The minimum atomic E-state index is -0.519. The van der Waals surface area contributed by atoms with Crippen LogP contribution in [-0.2, 0) is 14.3 Å². The van der Waals surface area contributed by atoms with E-state index in [1.807, 2.05) is 4.90 Å². The number of likely N-dealkylation sites (tertiary alicyclic amines) is 1. The fourth-order valence-electron chi connectivity index (χ4n) is 4.54. The van der Waals surface area contributed by atoms with Gasteiger partial charge in [-0.05, 0) is 49.9 Å². The zero-order valence-electron chi connectivity index (χ0n) is 15.0. The number of hydrogen-bond acceptors (Lipinski definition) is 3. The van der Waals surface area contributed by atoms with Crippen molar-refractivity contribution >= 4 is 17.5 Å². The number of piperidine rings is 1. The van der Waals surface area contributed by atoms with Crippen LogP contribution < -0.4 is 4.90 Å². The number of halogens is 1. The van der Waals surface area contributed by atoms with Crippen LogP contribution in [0.25, 0.3) is 0 Å². The molecule has 6 heteroatoms. The molecule has 1 aliphatic carbocycles. The molecule has 1 spiro atoms. The molecule has 140 valence electrons. The van der Waals surface area contributed by atoms with E-state index in [1.165, 1.54) is 12.1 Å². The molecule has 1 saturated carbocycles. The van der Waals surface area contributed by atoms with Gasteiger partial charge in [0.05, 0.1) is 13.1 Å². The lowest BCUT2D eigenvalue weighted by atomic mass is 9.89. The van der Waals surface area contributed by atoms with Crippen LogP contribution in [0.1, 0.15) is 38.5 Å². The van der Waals surface area contributed by atoms with Crippen molar-refractivity contribution in [1.82, 2.24) is 4.90 Å². The van der Waals surface area contributed by atoms with Gasteiger partial charge in [-0.3, -0.25) is 9.59 Å². The Balaban J connectivity index is 1.50. The van der Waals surface area contributed by atoms with Crippen LogP contribution in [-0.4, -0.2) is 48.6 Å². The first-order valence-electron chi connectivity index (χ1n) is 9.55. The fourth-order valence-corrected chi connectivity index (χ4v) is 4.54. The SMILES string of the molecule is O=C(C1CCCC1)N1CCCC2(C1)CN(c1ccc(F)cc1)C(=O)CO2. The highest BCUT2D eigenvalue weighted by Gasteiger charge is 2.45. The van der Waals surface area contributed by atoms with Crippen LogP contribution in [0.4, 0.5) is 10.1 Å². The lowest BCUT2D eigenvalue weighted by Gasteiger charge is -2.48. The van der Waals surface area contributed by atoms with Crippen LogP contribution in [0.2, 0.25) is 0 Å². The number of anilines is 1. The van der Waals surface area contributed by atoms with E-state index in [2.05, 4.69) is 0 Å². The van der Waals surface area contributed by atoms with Crippen molar-refractivity contribution in [2.75, 3.05) is 31.1 Å². The minimum absolute atomic E-state index is 0.00281. The van der Waals surface area contributed by atoms with Gasteiger partial charge in [0.2, 0.25) is 5.91 Å². The van der Waals surface area contributed by atoms with Gasteiger partial charge in [0.15, 0.2) is 0 Å². The Morgan fingerprint density at radius 2 is 1.85 bits per heavy atom. The summed E-state index contributed by atoms with van der Waals surface area (Å²) in [6, 6.07) is 5.97. The minimum Gasteiger partial charge on any atom is -0.361 e. The summed E-state index contributed by atoms with van der Waals surface area (Å²) in [7, 11) is 0. The van der Waals surface area contributed by atoms with Crippen molar-refractivity contribution in [3.8, 4) is 0 Å². The third kappa shape index (κ3) is 3.34. The average molecular weight is 360 g/mol. The van der Waals surface area contributed by atoms with Crippen LogP contribution in [0.5, 0.6) is 0 Å². The standard InChI is InChI=1S/C20H25FN2O3/c21-16-6-8-17(9-7-16)23-14-20(26-12-18(23)24)10-3-11-22(13-20)19(25)15-4-1-2-5-15/h6-9,15H,1-5,10-14H2. The molecule has 2 saturated heterocycles. The third-order valence-electron chi connectivity index (χ3n) is 5.94. The van der Waals surface area contributed by atoms with E-state index < -0.39 is 5.60 Å². The van der Waals surface area contributed by atoms with Gasteiger partial charge in [-0.25, -0.2) is 4.39 Å². The zero-order valence-corrected chi connectivity index (χ0v) is 15.0. The summed E-state index contributed by atoms with van der Waals surface area (Å²) < 4.78 is 19.2. The van der Waals surface area contributed by atoms with Gasteiger partial charge in [0.25, 0.3) is 5.91 Å². The summed E-state index contributed by atoms with van der Waals surface area (Å²) >= 11 is 0. The van der Waals surface area contributed by atoms with Crippen molar-refractivity contribution in [1.29, 1.82) is 0 Å². The number of morpholine rings is 1. The van der Waals surface area contributed by atoms with Gasteiger partial charge in [-0.1, -0.05) is 12.8 Å². The zero-order chi connectivity index (χ0) is 18.1. The molecule has 26 heavy (non-hydrogen) atoms. The molecule has 0 bridgehead atoms. The van der Waals surface area contributed by atoms with E-state index in [9.17, 15) is 14.0 Å². The molecule has 4 rings (SSSR count). The number of carbonyl (C=O) groups is 2. The lowest BCUT2D eigenvalue weighted by molar-refractivity contribution is -0.155. The number of carbonyl (C=O) groups excluding carboxylic acids is 2. The first-order chi connectivity index (χ1) is 12.6. The number of hydrogen-bond donors (Lipinski definition) is 0. The van der Waals surface area contributed by atoms with Crippen molar-refractivity contribution in [3.05, 3.63) is 30.1 Å². The lowest BCUT2D eigenvalue weighted by Crippen LogP contribution is -2.62. The fraction of sp³-hybridized carbons (Fsp3) is 0.600. The molecule has 3 aliphatic rings. The molecular formula is C20H25FN2O3. The van der Waals surface area contributed by atoms with E-state index in [4.69, 9.17) is 4.74 Å². The van der Waals surface area contributed by atoms with Gasteiger partial charge in [-0.2, -0.15) is 0 Å². The molecule has 1 atom stereocenters. The second-order valence-corrected chi connectivity index (χ2v) is 7.77. The predicted octanol–water partition coefficient (Wildman–Crippen LogP) is 2.74. The van der Waals surface area contributed by atoms with Gasteiger partial charge < -0.3 is 14.5 Å². The van der Waals surface area contributed by atoms with Gasteiger partial charge in [0.1, 0.15) is 18.0 Å². The highest BCUT2D eigenvalue weighted by molar-refractivity contribution is 5.95. The van der Waals surface area contributed by atoms with Crippen LogP contribution in [0, 0.1) is 11.7 Å². The summed E-state index contributed by atoms with van der Waals surface area (Å²) in [5, 5.41) is 0. The molecule has 2 aliphatic heterocycles. The van der Waals surface area contributed by atoms with E-state index in [1.54, 1.807) is 17.0 Å². The Labute approximate surface area is 153 Å². The Morgan fingerprint density at radius 3 is 2.58 bits per heavy atom. The maximum Gasteiger partial charge on any atom is 0.253 e. The Kier molecular flexibility index (Phi) is 4.69. The molecule has 1 unspecified atom stereocenters. The van der Waals surface area contributed by atoms with Crippen molar-refractivity contribution in [2.45, 2.75) is 44.1 Å². The number of rotatable bonds is 2. The highest BCUT2D eigenvalue weighted by atomic mass is 19.1. The highest BCUT2D eigenvalue weighted by Crippen LogP contribution is 2.34. The van der Waals surface area contributed by atoms with Gasteiger partial charge in [0, 0.05) is 18.2 Å². The Bertz CT molecular complexity index is 687. The second-order valence-electron chi connectivity index (χ2n) is 7.77. The smallest absolute Gasteiger partial charge is 0.253 e. The number of amides is 2. The summed E-state index contributed by atoms with van der Waals surface area (Å²) in [6.45, 7) is 1.72. The first kappa shape index (κ1) is 17.5. The van der Waals surface area contributed by atoms with Crippen LogP contribution in [0.3, 0.4) is 0 Å². The summed E-state index contributed by atoms with van der Waals surface area (Å²) in [6.07, 6.45) is 5.96. The van der Waals surface area contributed by atoms with Crippen molar-refractivity contribution in [2.24, 2.45) is 5.92 Å². The molecule has 0 radical (unpaired) electrons. The van der Waals surface area contributed by atoms with Gasteiger partial charge >= 0.3 is 0 Å². The first-order valence-corrected chi connectivity index (χ1v) is 9.55. The molecule has 5 nitrogen and oxygen atoms in total. The van der Waals surface area contributed by atoms with Crippen molar-refractivity contribution in [3.63, 3.8) is 0 Å². The molecule has 3 fully saturated rings. The van der Waals surface area contributed by atoms with Crippen molar-refractivity contribution < 1.29 is 18.7 Å². The quantitative estimate of drug-likeness (QED) is 0.815. The predicted molar refractivity (Wildman–Crippen MR) is 95.2 cm³/mol. The summed E-state index contributed by atoms with van der Waals surface area (Å²) in [5.41, 5.74) is 0.160. The molecule has 2 amide bonds. The maximum atomic E-state index is 13.2. The maximum absolute atomic E-state index is 13.2. The van der Waals surface area contributed by atoms with Crippen LogP contribution in [0.15, 0.2) is 24.3 Å². The molecule has 1 aromatic carbocycles. The van der Waals surface area contributed by atoms with E-state index in [0.717, 1.165) is 45.1 Å². The Hall–Kier alpha value is -1.95. The number of benzene rings is 1. The molecule has 1 aromatic rings. The number of ether oxygens (including phenoxy) is 1. The molecular weight excluding hydrogens is 335 g/mol. The number of nitrogens with zero attached hydrogens (tertiary/aromatic N) is 2. The van der Waals surface area contributed by atoms with E-state index in [0.29, 0.717) is 18.8 Å². The normalized spacial score (nSPS) is 27.3. The third-order valence-corrected chi connectivity index (χ3v) is 5.94. The van der Waals surface area contributed by atoms with E-state index in [-0.39, 0.29) is 30.2 Å².